The predicted molar refractivity (Wildman–Crippen MR) is 102 cm³/mol. The Kier molecular flexibility index (Phi) is 4.38. The molecule has 1 atom stereocenters. The molecule has 0 aliphatic carbocycles. The Labute approximate surface area is 157 Å². The number of piperidine rings is 1. The van der Waals surface area contributed by atoms with Crippen LogP contribution in [0.1, 0.15) is 18.4 Å². The number of nitrogens with one attached hydrogen (secondary N) is 1. The lowest BCUT2D eigenvalue weighted by Crippen LogP contribution is -2.40. The average Bonchev–Trinajstić information content (AvgIpc) is 3.05. The number of anilines is 1. The van der Waals surface area contributed by atoms with Gasteiger partial charge in [0.05, 0.1) is 23.2 Å². The van der Waals surface area contributed by atoms with Gasteiger partial charge in [0.25, 0.3) is 0 Å². The highest BCUT2D eigenvalue weighted by Gasteiger charge is 2.22. The highest BCUT2D eigenvalue weighted by atomic mass is 16.3. The molecular weight excluding hydrogens is 342 g/mol. The van der Waals surface area contributed by atoms with Crippen molar-refractivity contribution in [2.45, 2.75) is 18.9 Å². The predicted octanol–water partition coefficient (Wildman–Crippen LogP) is 2.11. The summed E-state index contributed by atoms with van der Waals surface area (Å²) >= 11 is 0. The second-order valence-electron chi connectivity index (χ2n) is 7.02. The lowest BCUT2D eigenvalue weighted by atomic mass is 10.0. The van der Waals surface area contributed by atoms with Gasteiger partial charge in [-0.05, 0) is 44.6 Å². The number of aromatic hydroxyl groups is 1. The van der Waals surface area contributed by atoms with Crippen LogP contribution in [0, 0.1) is 11.3 Å². The first kappa shape index (κ1) is 17.2. The van der Waals surface area contributed by atoms with Gasteiger partial charge in [-0.1, -0.05) is 0 Å². The normalized spacial score (nSPS) is 17.7. The Bertz CT molecular complexity index is 1040. The molecule has 1 aliphatic heterocycles. The number of aromatic nitrogens is 4. The van der Waals surface area contributed by atoms with Crippen LogP contribution in [0.4, 0.5) is 5.82 Å². The quantitative estimate of drug-likeness (QED) is 0.734. The minimum atomic E-state index is 0.00289. The third kappa shape index (κ3) is 3.17. The fraction of sp³-hybridized carbons (Fsp3) is 0.368. The van der Waals surface area contributed by atoms with Gasteiger partial charge in [-0.3, -0.25) is 4.68 Å². The van der Waals surface area contributed by atoms with E-state index in [9.17, 15) is 5.11 Å². The first-order valence-corrected chi connectivity index (χ1v) is 8.93. The molecule has 0 unspecified atom stereocenters. The van der Waals surface area contributed by atoms with Crippen molar-refractivity contribution in [2.75, 3.05) is 25.5 Å². The van der Waals surface area contributed by atoms with Gasteiger partial charge in [-0.25, -0.2) is 0 Å². The van der Waals surface area contributed by atoms with E-state index in [4.69, 9.17) is 5.26 Å². The molecule has 1 fully saturated rings. The molecule has 0 spiro atoms. The Hall–Kier alpha value is -3.18. The summed E-state index contributed by atoms with van der Waals surface area (Å²) in [6.07, 6.45) is 3.96. The minimum Gasteiger partial charge on any atom is -0.507 e. The van der Waals surface area contributed by atoms with E-state index in [0.717, 1.165) is 36.8 Å². The Morgan fingerprint density at radius 2 is 2.15 bits per heavy atom. The van der Waals surface area contributed by atoms with Gasteiger partial charge in [-0.15, -0.1) is 10.2 Å². The van der Waals surface area contributed by atoms with E-state index >= 15 is 0 Å². The van der Waals surface area contributed by atoms with Crippen molar-refractivity contribution in [2.24, 2.45) is 7.05 Å². The van der Waals surface area contributed by atoms with Crippen LogP contribution in [0.5, 0.6) is 5.75 Å². The Morgan fingerprint density at radius 3 is 2.89 bits per heavy atom. The standard InChI is InChI=1S/C19H21N7O/c1-25-7-3-4-13(11-25)22-19-18-15(10-21-26(18)2)17(23-24-19)14-6-5-12(9-20)8-16(14)27/h5-6,8,10,13,27H,3-4,7,11H2,1-2H3,(H,22,24)/t13-/m1/s1. The van der Waals surface area contributed by atoms with E-state index in [2.05, 4.69) is 32.6 Å². The molecule has 27 heavy (non-hydrogen) atoms. The number of nitrogens with zero attached hydrogens (tertiary/aromatic N) is 6. The molecule has 3 aromatic rings. The van der Waals surface area contributed by atoms with Crippen LogP contribution in [-0.2, 0) is 7.05 Å². The van der Waals surface area contributed by atoms with E-state index in [1.54, 1.807) is 23.0 Å². The third-order valence-electron chi connectivity index (χ3n) is 5.02. The third-order valence-corrected chi connectivity index (χ3v) is 5.02. The molecule has 3 heterocycles. The number of hydrogen-bond acceptors (Lipinski definition) is 7. The molecule has 1 aromatic carbocycles. The molecule has 1 saturated heterocycles. The molecule has 2 N–H and O–H groups in total. The van der Waals surface area contributed by atoms with Gasteiger partial charge < -0.3 is 15.3 Å². The SMILES string of the molecule is CN1CCC[C@@H](Nc2nnc(-c3ccc(C#N)cc3O)c3cnn(C)c23)C1. The van der Waals surface area contributed by atoms with Crippen LogP contribution in [-0.4, -0.2) is 56.2 Å². The first-order valence-electron chi connectivity index (χ1n) is 8.93. The molecule has 4 rings (SSSR count). The minimum absolute atomic E-state index is 0.00289. The number of phenolic OH excluding ortho intramolecular Hbond substituents is 1. The molecule has 8 heteroatoms. The summed E-state index contributed by atoms with van der Waals surface area (Å²) in [6.45, 7) is 2.07. The van der Waals surface area contributed by atoms with Crippen molar-refractivity contribution in [1.29, 1.82) is 5.26 Å². The van der Waals surface area contributed by atoms with Gasteiger partial charge in [-0.2, -0.15) is 10.4 Å². The molecule has 0 bridgehead atoms. The van der Waals surface area contributed by atoms with Crippen LogP contribution in [0.2, 0.25) is 0 Å². The summed E-state index contributed by atoms with van der Waals surface area (Å²) in [7, 11) is 3.99. The summed E-state index contributed by atoms with van der Waals surface area (Å²) in [5, 5.41) is 36.8. The van der Waals surface area contributed by atoms with Crippen molar-refractivity contribution in [3.63, 3.8) is 0 Å². The smallest absolute Gasteiger partial charge is 0.175 e. The zero-order chi connectivity index (χ0) is 19.0. The van der Waals surface area contributed by atoms with Gasteiger partial charge in [0.2, 0.25) is 0 Å². The summed E-state index contributed by atoms with van der Waals surface area (Å²) in [5.74, 6) is 0.699. The van der Waals surface area contributed by atoms with E-state index in [1.165, 1.54) is 6.07 Å². The number of nitriles is 1. The first-order chi connectivity index (χ1) is 13.1. The van der Waals surface area contributed by atoms with Crippen molar-refractivity contribution < 1.29 is 5.11 Å². The molecule has 0 amide bonds. The van der Waals surface area contributed by atoms with E-state index < -0.39 is 0 Å². The number of aryl methyl sites for hydroxylation is 1. The zero-order valence-electron chi connectivity index (χ0n) is 15.3. The van der Waals surface area contributed by atoms with Crippen LogP contribution in [0.25, 0.3) is 22.2 Å². The fourth-order valence-electron chi connectivity index (χ4n) is 3.67. The Morgan fingerprint density at radius 1 is 1.30 bits per heavy atom. The molecule has 2 aromatic heterocycles. The van der Waals surface area contributed by atoms with Crippen LogP contribution >= 0.6 is 0 Å². The average molecular weight is 363 g/mol. The van der Waals surface area contributed by atoms with Crippen molar-refractivity contribution in [3.8, 4) is 23.1 Å². The molecule has 0 saturated carbocycles. The fourth-order valence-corrected chi connectivity index (χ4v) is 3.67. The number of rotatable bonds is 3. The zero-order valence-corrected chi connectivity index (χ0v) is 15.3. The lowest BCUT2D eigenvalue weighted by Gasteiger charge is -2.30. The number of phenols is 1. The summed E-state index contributed by atoms with van der Waals surface area (Å²) in [5.41, 5.74) is 2.32. The number of likely N-dealkylation sites (tertiary alicyclic amines) is 1. The van der Waals surface area contributed by atoms with Gasteiger partial charge in [0.1, 0.15) is 17.0 Å². The molecule has 138 valence electrons. The number of benzene rings is 1. The van der Waals surface area contributed by atoms with Crippen molar-refractivity contribution in [1.82, 2.24) is 24.9 Å². The summed E-state index contributed by atoms with van der Waals surface area (Å²) < 4.78 is 1.77. The Balaban J connectivity index is 1.76. The van der Waals surface area contributed by atoms with Gasteiger partial charge in [0.15, 0.2) is 5.82 Å². The molecular formula is C19H21N7O. The largest absolute Gasteiger partial charge is 0.507 e. The number of likely N-dealkylation sites (N-methyl/N-ethyl adjacent to an activating group) is 1. The molecule has 8 nitrogen and oxygen atoms in total. The van der Waals surface area contributed by atoms with E-state index in [1.807, 2.05) is 13.1 Å². The second-order valence-corrected chi connectivity index (χ2v) is 7.02. The van der Waals surface area contributed by atoms with E-state index in [-0.39, 0.29) is 5.75 Å². The van der Waals surface area contributed by atoms with E-state index in [0.29, 0.717) is 28.7 Å². The molecule has 0 radical (unpaired) electrons. The monoisotopic (exact) mass is 363 g/mol. The van der Waals surface area contributed by atoms with Crippen molar-refractivity contribution >= 4 is 16.7 Å². The lowest BCUT2D eigenvalue weighted by molar-refractivity contribution is 0.261. The maximum absolute atomic E-state index is 10.3. The second kappa shape index (κ2) is 6.85. The summed E-state index contributed by atoms with van der Waals surface area (Å²) in [4.78, 5) is 2.30. The van der Waals surface area contributed by atoms with Crippen LogP contribution < -0.4 is 5.32 Å². The maximum atomic E-state index is 10.3. The number of hydrogen-bond donors (Lipinski definition) is 2. The highest BCUT2D eigenvalue weighted by Crippen LogP contribution is 2.35. The maximum Gasteiger partial charge on any atom is 0.175 e. The van der Waals surface area contributed by atoms with Crippen molar-refractivity contribution in [3.05, 3.63) is 30.0 Å². The topological polar surface area (TPSA) is 103 Å². The summed E-state index contributed by atoms with van der Waals surface area (Å²) in [6, 6.07) is 7.11. The van der Waals surface area contributed by atoms with Gasteiger partial charge >= 0.3 is 0 Å². The number of fused-ring (bicyclic) bond motifs is 1. The highest BCUT2D eigenvalue weighted by molar-refractivity contribution is 5.98. The van der Waals surface area contributed by atoms with Crippen LogP contribution in [0.15, 0.2) is 24.4 Å². The van der Waals surface area contributed by atoms with Gasteiger partial charge in [0, 0.05) is 25.2 Å². The van der Waals surface area contributed by atoms with Crippen LogP contribution in [0.3, 0.4) is 0 Å². The molecule has 1 aliphatic rings.